The van der Waals surface area contributed by atoms with Crippen LogP contribution in [0.2, 0.25) is 0 Å². The second kappa shape index (κ2) is 15.0. The molecule has 7 N–H and O–H groups in total. The number of halogens is 1. The number of unbranched alkanes of at least 4 members (excludes halogenated alkanes) is 5. The van der Waals surface area contributed by atoms with Crippen LogP contribution in [0.4, 0.5) is 0 Å². The first-order chi connectivity index (χ1) is 12.0. The van der Waals surface area contributed by atoms with Gasteiger partial charge in [0.05, 0.1) is 43.1 Å². The summed E-state index contributed by atoms with van der Waals surface area (Å²) in [6, 6.07) is -1.17. The topological polar surface area (TPSA) is 133 Å². The molecule has 0 saturated carbocycles. The smallest absolute Gasteiger partial charge is 0.0993 e. The van der Waals surface area contributed by atoms with Gasteiger partial charge >= 0.3 is 0 Å². The van der Waals surface area contributed by atoms with Gasteiger partial charge < -0.3 is 36.0 Å². The van der Waals surface area contributed by atoms with Gasteiger partial charge in [-0.05, 0) is 25.7 Å². The van der Waals surface area contributed by atoms with E-state index in [1.807, 2.05) is 0 Å². The highest BCUT2D eigenvalue weighted by Crippen LogP contribution is 2.20. The van der Waals surface area contributed by atoms with E-state index in [0.717, 1.165) is 44.9 Å². The molecule has 1 rings (SSSR count). The van der Waals surface area contributed by atoms with Crippen molar-refractivity contribution in [1.29, 1.82) is 0 Å². The Balaban J connectivity index is 0.00000625. The van der Waals surface area contributed by atoms with E-state index in [4.69, 9.17) is 10.2 Å². The highest BCUT2D eigenvalue weighted by molar-refractivity contribution is 5.85. The van der Waals surface area contributed by atoms with Gasteiger partial charge in [-0.25, -0.2) is 0 Å². The summed E-state index contributed by atoms with van der Waals surface area (Å²) in [4.78, 5) is 0. The van der Waals surface area contributed by atoms with Crippen molar-refractivity contribution in [1.82, 2.24) is 5.32 Å². The van der Waals surface area contributed by atoms with E-state index in [1.54, 1.807) is 0 Å². The molecule has 1 aliphatic heterocycles. The molecule has 158 valence electrons. The van der Waals surface area contributed by atoms with Gasteiger partial charge in [-0.15, -0.1) is 12.4 Å². The summed E-state index contributed by atoms with van der Waals surface area (Å²) >= 11 is 0. The van der Waals surface area contributed by atoms with Gasteiger partial charge in [-0.3, -0.25) is 0 Å². The first kappa shape index (κ1) is 26.0. The molecule has 1 saturated heterocycles. The Morgan fingerprint density at radius 3 is 1.81 bits per heavy atom. The number of aliphatic hydroxyl groups excluding tert-OH is 6. The van der Waals surface area contributed by atoms with Crippen molar-refractivity contribution in [3.05, 3.63) is 0 Å². The predicted octanol–water partition coefficient (Wildman–Crippen LogP) is 0.0778. The van der Waals surface area contributed by atoms with Crippen molar-refractivity contribution in [2.45, 2.75) is 101 Å². The molecule has 1 fully saturated rings. The first-order valence-electron chi connectivity index (χ1n) is 9.71. The van der Waals surface area contributed by atoms with Crippen molar-refractivity contribution in [3.63, 3.8) is 0 Å². The van der Waals surface area contributed by atoms with Crippen LogP contribution in [0, 0.1) is 0 Å². The van der Waals surface area contributed by atoms with Crippen molar-refractivity contribution in [3.8, 4) is 0 Å². The zero-order valence-corrected chi connectivity index (χ0v) is 16.4. The molecule has 0 unspecified atom stereocenters. The number of rotatable bonds is 14. The van der Waals surface area contributed by atoms with Gasteiger partial charge in [0.15, 0.2) is 0 Å². The molecule has 0 amide bonds. The van der Waals surface area contributed by atoms with E-state index in [1.165, 1.54) is 0 Å². The number of aliphatic hydroxyl groups is 6. The van der Waals surface area contributed by atoms with Gasteiger partial charge in [0.1, 0.15) is 0 Å². The molecule has 1 aliphatic rings. The lowest BCUT2D eigenvalue weighted by atomic mass is 9.98. The average molecular weight is 400 g/mol. The number of nitrogens with one attached hydrogen (secondary N) is 1. The lowest BCUT2D eigenvalue weighted by Gasteiger charge is -2.22. The SMILES string of the molecule is Cl.OCCC[C@@H](O)CCCCCCCC[C@@H](O)[C@@H]1N[C@@H](CO)[C@H](O)[C@H]1O. The Kier molecular flexibility index (Phi) is 15.0. The van der Waals surface area contributed by atoms with Crippen LogP contribution in [0.3, 0.4) is 0 Å². The van der Waals surface area contributed by atoms with Crippen molar-refractivity contribution >= 4 is 12.4 Å². The summed E-state index contributed by atoms with van der Waals surface area (Å²) in [5, 5.41) is 60.2. The summed E-state index contributed by atoms with van der Waals surface area (Å²) in [5.74, 6) is 0. The van der Waals surface area contributed by atoms with Gasteiger partial charge in [0.25, 0.3) is 0 Å². The predicted molar refractivity (Wildman–Crippen MR) is 102 cm³/mol. The van der Waals surface area contributed by atoms with Crippen LogP contribution in [0.15, 0.2) is 0 Å². The lowest BCUT2D eigenvalue weighted by molar-refractivity contribution is -0.00443. The van der Waals surface area contributed by atoms with Gasteiger partial charge in [0, 0.05) is 6.61 Å². The fraction of sp³-hybridized carbons (Fsp3) is 1.00. The normalized spacial score (nSPS) is 27.9. The first-order valence-corrected chi connectivity index (χ1v) is 9.71. The summed E-state index contributed by atoms with van der Waals surface area (Å²) in [6.45, 7) is -0.133. The van der Waals surface area contributed by atoms with Crippen LogP contribution in [0.1, 0.15) is 64.2 Å². The van der Waals surface area contributed by atoms with Crippen LogP contribution < -0.4 is 5.32 Å². The molecule has 0 bridgehead atoms. The molecule has 0 radical (unpaired) electrons. The molecule has 6 atom stereocenters. The fourth-order valence-electron chi connectivity index (χ4n) is 3.49. The minimum atomic E-state index is -1.05. The lowest BCUT2D eigenvalue weighted by Crippen LogP contribution is -2.44. The highest BCUT2D eigenvalue weighted by Gasteiger charge is 2.43. The second-order valence-electron chi connectivity index (χ2n) is 7.25. The van der Waals surface area contributed by atoms with Crippen molar-refractivity contribution < 1.29 is 30.6 Å². The third-order valence-corrected chi connectivity index (χ3v) is 5.13. The second-order valence-corrected chi connectivity index (χ2v) is 7.25. The molecular formula is C18H38ClNO6. The van der Waals surface area contributed by atoms with E-state index in [9.17, 15) is 20.4 Å². The Morgan fingerprint density at radius 1 is 0.731 bits per heavy atom. The molecule has 1 heterocycles. The van der Waals surface area contributed by atoms with Crippen LogP contribution in [-0.2, 0) is 0 Å². The molecule has 0 aromatic rings. The van der Waals surface area contributed by atoms with Crippen LogP contribution in [-0.4, -0.2) is 80.4 Å². The summed E-state index contributed by atoms with van der Waals surface area (Å²) < 4.78 is 0. The minimum absolute atomic E-state index is 0. The monoisotopic (exact) mass is 399 g/mol. The number of hydrogen-bond acceptors (Lipinski definition) is 7. The Hall–Kier alpha value is 0.01000. The maximum atomic E-state index is 10.2. The summed E-state index contributed by atoms with van der Waals surface area (Å²) in [7, 11) is 0. The Labute approximate surface area is 162 Å². The fourth-order valence-corrected chi connectivity index (χ4v) is 3.49. The van der Waals surface area contributed by atoms with Gasteiger partial charge in [0.2, 0.25) is 0 Å². The standard InChI is InChI=1S/C18H37NO6.ClH/c20-11-7-9-13(22)8-5-3-1-2-4-6-10-15(23)16-18(25)17(24)14(12-21)19-16;/h13-25H,1-12H2;1H/t13-,14-,15+,16-,17-,18-;/m0./s1. The van der Waals surface area contributed by atoms with Gasteiger partial charge in [-0.1, -0.05) is 38.5 Å². The average Bonchev–Trinajstić information content (AvgIpc) is 2.90. The van der Waals surface area contributed by atoms with E-state index < -0.39 is 30.4 Å². The molecule has 0 spiro atoms. The maximum Gasteiger partial charge on any atom is 0.0993 e. The zero-order chi connectivity index (χ0) is 18.7. The third-order valence-electron chi connectivity index (χ3n) is 5.13. The molecule has 7 nitrogen and oxygen atoms in total. The van der Waals surface area contributed by atoms with Crippen LogP contribution in [0.5, 0.6) is 0 Å². The van der Waals surface area contributed by atoms with E-state index in [2.05, 4.69) is 5.32 Å². The van der Waals surface area contributed by atoms with Crippen molar-refractivity contribution in [2.75, 3.05) is 13.2 Å². The molecule has 0 aromatic carbocycles. The summed E-state index contributed by atoms with van der Waals surface area (Å²) in [6.07, 6.45) is 5.63. The van der Waals surface area contributed by atoms with Gasteiger partial charge in [-0.2, -0.15) is 0 Å². The Morgan fingerprint density at radius 2 is 1.27 bits per heavy atom. The molecule has 8 heteroatoms. The zero-order valence-electron chi connectivity index (χ0n) is 15.5. The highest BCUT2D eigenvalue weighted by atomic mass is 35.5. The van der Waals surface area contributed by atoms with E-state index in [0.29, 0.717) is 19.3 Å². The molecule has 0 aliphatic carbocycles. The molecular weight excluding hydrogens is 362 g/mol. The quantitative estimate of drug-likeness (QED) is 0.206. The minimum Gasteiger partial charge on any atom is -0.396 e. The third kappa shape index (κ3) is 9.28. The van der Waals surface area contributed by atoms with E-state index in [-0.39, 0.29) is 31.7 Å². The largest absolute Gasteiger partial charge is 0.396 e. The summed E-state index contributed by atoms with van der Waals surface area (Å²) in [5.41, 5.74) is 0. The number of hydrogen-bond donors (Lipinski definition) is 7. The van der Waals surface area contributed by atoms with Crippen LogP contribution >= 0.6 is 12.4 Å². The van der Waals surface area contributed by atoms with E-state index >= 15 is 0 Å². The molecule has 26 heavy (non-hydrogen) atoms. The van der Waals surface area contributed by atoms with Crippen molar-refractivity contribution in [2.24, 2.45) is 0 Å². The maximum absolute atomic E-state index is 10.2. The molecule has 0 aromatic heterocycles. The van der Waals surface area contributed by atoms with Crippen LogP contribution in [0.25, 0.3) is 0 Å². The Bertz CT molecular complexity index is 339.